The number of benzene rings is 1. The number of piperidine rings is 1. The minimum absolute atomic E-state index is 0.0509. The van der Waals surface area contributed by atoms with E-state index >= 15 is 0 Å². The van der Waals surface area contributed by atoms with E-state index < -0.39 is 0 Å². The average molecular weight is 261 g/mol. The molecule has 0 saturated carbocycles. The average Bonchev–Trinajstić information content (AvgIpc) is 2.46. The van der Waals surface area contributed by atoms with E-state index in [9.17, 15) is 4.79 Å². The van der Waals surface area contributed by atoms with Crippen LogP contribution in [0.4, 0.5) is 0 Å². The van der Waals surface area contributed by atoms with Gasteiger partial charge in [-0.2, -0.15) is 0 Å². The van der Waals surface area contributed by atoms with Gasteiger partial charge < -0.3 is 10.1 Å². The predicted octanol–water partition coefficient (Wildman–Crippen LogP) is 3.14. The van der Waals surface area contributed by atoms with Crippen molar-refractivity contribution in [1.82, 2.24) is 5.32 Å². The molecule has 1 N–H and O–H groups in total. The number of rotatable bonds is 4. The maximum absolute atomic E-state index is 12.6. The molecule has 0 radical (unpaired) electrons. The zero-order chi connectivity index (χ0) is 13.8. The second-order valence-corrected chi connectivity index (χ2v) is 5.48. The van der Waals surface area contributed by atoms with Crippen LogP contribution in [-0.2, 0) is 0 Å². The van der Waals surface area contributed by atoms with Crippen molar-refractivity contribution < 1.29 is 9.53 Å². The standard InChI is InChI=1S/C16H23NO2/c1-11(2)12-7-8-15(19-3)13(10-12)16(18)14-6-4-5-9-17-14/h7-8,10-11,14,17H,4-6,9H2,1-3H3. The summed E-state index contributed by atoms with van der Waals surface area (Å²) in [5.74, 6) is 1.26. The first kappa shape index (κ1) is 14.1. The van der Waals surface area contributed by atoms with E-state index in [0.717, 1.165) is 25.8 Å². The van der Waals surface area contributed by atoms with Crippen LogP contribution in [0.5, 0.6) is 5.75 Å². The molecule has 0 spiro atoms. The van der Waals surface area contributed by atoms with Crippen LogP contribution in [0.25, 0.3) is 0 Å². The van der Waals surface area contributed by atoms with Gasteiger partial charge in [0.25, 0.3) is 0 Å². The zero-order valence-corrected chi connectivity index (χ0v) is 12.0. The number of nitrogens with one attached hydrogen (secondary N) is 1. The Morgan fingerprint density at radius 3 is 2.74 bits per heavy atom. The topological polar surface area (TPSA) is 38.3 Å². The molecule has 19 heavy (non-hydrogen) atoms. The van der Waals surface area contributed by atoms with Gasteiger partial charge in [-0.1, -0.05) is 26.3 Å². The number of ketones is 1. The normalized spacial score (nSPS) is 19.5. The van der Waals surface area contributed by atoms with Gasteiger partial charge in [-0.3, -0.25) is 4.79 Å². The maximum Gasteiger partial charge on any atom is 0.183 e. The van der Waals surface area contributed by atoms with E-state index in [1.165, 1.54) is 5.56 Å². The monoisotopic (exact) mass is 261 g/mol. The molecule has 0 aromatic heterocycles. The summed E-state index contributed by atoms with van der Waals surface area (Å²) in [4.78, 5) is 12.6. The van der Waals surface area contributed by atoms with E-state index in [1.807, 2.05) is 18.2 Å². The van der Waals surface area contributed by atoms with E-state index in [1.54, 1.807) is 7.11 Å². The summed E-state index contributed by atoms with van der Waals surface area (Å²) < 4.78 is 5.34. The SMILES string of the molecule is COc1ccc(C(C)C)cc1C(=O)C1CCCCN1. The number of carbonyl (C=O) groups is 1. The second kappa shape index (κ2) is 6.20. The predicted molar refractivity (Wildman–Crippen MR) is 77.1 cm³/mol. The minimum atomic E-state index is -0.0509. The highest BCUT2D eigenvalue weighted by atomic mass is 16.5. The number of Topliss-reactive ketones (excluding diaryl/α,β-unsaturated/α-hetero) is 1. The maximum atomic E-state index is 12.6. The molecule has 1 saturated heterocycles. The van der Waals surface area contributed by atoms with E-state index in [2.05, 4.69) is 19.2 Å². The first-order chi connectivity index (χ1) is 9.13. The van der Waals surface area contributed by atoms with Crippen molar-refractivity contribution in [3.8, 4) is 5.75 Å². The van der Waals surface area contributed by atoms with Crippen LogP contribution >= 0.6 is 0 Å². The lowest BCUT2D eigenvalue weighted by Gasteiger charge is -2.23. The Morgan fingerprint density at radius 1 is 1.37 bits per heavy atom. The summed E-state index contributed by atoms with van der Waals surface area (Å²) >= 11 is 0. The summed E-state index contributed by atoms with van der Waals surface area (Å²) in [6.07, 6.45) is 3.20. The molecule has 0 bridgehead atoms. The molecule has 1 aromatic carbocycles. The molecule has 3 heteroatoms. The second-order valence-electron chi connectivity index (χ2n) is 5.48. The van der Waals surface area contributed by atoms with Crippen LogP contribution < -0.4 is 10.1 Å². The minimum Gasteiger partial charge on any atom is -0.496 e. The molecule has 1 heterocycles. The van der Waals surface area contributed by atoms with Crippen molar-refractivity contribution in [2.75, 3.05) is 13.7 Å². The Labute approximate surface area is 115 Å². The Bertz CT molecular complexity index is 448. The van der Waals surface area contributed by atoms with Gasteiger partial charge in [0.1, 0.15) is 5.75 Å². The molecule has 1 aliphatic heterocycles. The summed E-state index contributed by atoms with van der Waals surface area (Å²) in [5, 5.41) is 3.31. The Hall–Kier alpha value is -1.35. The number of hydrogen-bond donors (Lipinski definition) is 1. The van der Waals surface area contributed by atoms with E-state index in [4.69, 9.17) is 4.74 Å². The van der Waals surface area contributed by atoms with E-state index in [-0.39, 0.29) is 11.8 Å². The number of carbonyl (C=O) groups excluding carboxylic acids is 1. The zero-order valence-electron chi connectivity index (χ0n) is 12.0. The van der Waals surface area contributed by atoms with Gasteiger partial charge in [0.2, 0.25) is 0 Å². The molecule has 1 aliphatic rings. The molecule has 1 unspecified atom stereocenters. The van der Waals surface area contributed by atoms with Crippen LogP contribution in [0.1, 0.15) is 54.9 Å². The Balaban J connectivity index is 2.29. The molecule has 0 amide bonds. The molecule has 1 fully saturated rings. The summed E-state index contributed by atoms with van der Waals surface area (Å²) in [6.45, 7) is 5.20. The molecular weight excluding hydrogens is 238 g/mol. The first-order valence-electron chi connectivity index (χ1n) is 7.09. The fourth-order valence-corrected chi connectivity index (χ4v) is 2.54. The highest BCUT2D eigenvalue weighted by molar-refractivity contribution is 6.02. The quantitative estimate of drug-likeness (QED) is 0.846. The third-order valence-electron chi connectivity index (χ3n) is 3.78. The fourth-order valence-electron chi connectivity index (χ4n) is 2.54. The lowest BCUT2D eigenvalue weighted by Crippen LogP contribution is -2.40. The van der Waals surface area contributed by atoms with Gasteiger partial charge in [-0.25, -0.2) is 0 Å². The van der Waals surface area contributed by atoms with Gasteiger partial charge >= 0.3 is 0 Å². The largest absolute Gasteiger partial charge is 0.496 e. The number of ether oxygens (including phenoxy) is 1. The summed E-state index contributed by atoms with van der Waals surface area (Å²) in [6, 6.07) is 5.88. The molecule has 104 valence electrons. The smallest absolute Gasteiger partial charge is 0.183 e. The van der Waals surface area contributed by atoms with Crippen molar-refractivity contribution in [1.29, 1.82) is 0 Å². The fraction of sp³-hybridized carbons (Fsp3) is 0.562. The van der Waals surface area contributed by atoms with Gasteiger partial charge in [0.05, 0.1) is 18.7 Å². The summed E-state index contributed by atoms with van der Waals surface area (Å²) in [5.41, 5.74) is 1.90. The van der Waals surface area contributed by atoms with Crippen molar-refractivity contribution in [3.05, 3.63) is 29.3 Å². The van der Waals surface area contributed by atoms with Crippen molar-refractivity contribution in [2.45, 2.75) is 45.1 Å². The van der Waals surface area contributed by atoms with Crippen molar-refractivity contribution in [3.63, 3.8) is 0 Å². The Morgan fingerprint density at radius 2 is 2.16 bits per heavy atom. The highest BCUT2D eigenvalue weighted by Crippen LogP contribution is 2.26. The van der Waals surface area contributed by atoms with E-state index in [0.29, 0.717) is 17.2 Å². The molecule has 3 nitrogen and oxygen atoms in total. The molecular formula is C16H23NO2. The molecule has 1 aromatic rings. The van der Waals surface area contributed by atoms with Gasteiger partial charge in [0, 0.05) is 0 Å². The summed E-state index contributed by atoms with van der Waals surface area (Å²) in [7, 11) is 1.62. The van der Waals surface area contributed by atoms with Crippen LogP contribution in [0.3, 0.4) is 0 Å². The Kier molecular flexibility index (Phi) is 4.59. The molecule has 1 atom stereocenters. The third kappa shape index (κ3) is 3.16. The van der Waals surface area contributed by atoms with Crippen LogP contribution in [0.2, 0.25) is 0 Å². The number of methoxy groups -OCH3 is 1. The lowest BCUT2D eigenvalue weighted by atomic mass is 9.93. The molecule has 2 rings (SSSR count). The number of hydrogen-bond acceptors (Lipinski definition) is 3. The van der Waals surface area contributed by atoms with Crippen LogP contribution in [0.15, 0.2) is 18.2 Å². The van der Waals surface area contributed by atoms with Crippen LogP contribution in [-0.4, -0.2) is 25.5 Å². The highest BCUT2D eigenvalue weighted by Gasteiger charge is 2.24. The molecule has 0 aliphatic carbocycles. The lowest BCUT2D eigenvalue weighted by molar-refractivity contribution is 0.0924. The van der Waals surface area contributed by atoms with Gasteiger partial charge in [-0.15, -0.1) is 0 Å². The van der Waals surface area contributed by atoms with Gasteiger partial charge in [0.15, 0.2) is 5.78 Å². The third-order valence-corrected chi connectivity index (χ3v) is 3.78. The van der Waals surface area contributed by atoms with Crippen LogP contribution in [0, 0.1) is 0 Å². The van der Waals surface area contributed by atoms with Gasteiger partial charge in [-0.05, 0) is 43.0 Å². The van der Waals surface area contributed by atoms with Crippen molar-refractivity contribution in [2.24, 2.45) is 0 Å². The first-order valence-corrected chi connectivity index (χ1v) is 7.09. The van der Waals surface area contributed by atoms with Crippen molar-refractivity contribution >= 4 is 5.78 Å².